The van der Waals surface area contributed by atoms with E-state index in [1.165, 1.54) is 0 Å². The van der Waals surface area contributed by atoms with Gasteiger partial charge in [-0.2, -0.15) is 0 Å². The van der Waals surface area contributed by atoms with Crippen molar-refractivity contribution in [1.29, 1.82) is 0 Å². The van der Waals surface area contributed by atoms with E-state index in [0.717, 1.165) is 5.56 Å². The van der Waals surface area contributed by atoms with Gasteiger partial charge in [0.05, 0.1) is 5.69 Å². The van der Waals surface area contributed by atoms with Crippen LogP contribution in [0, 0.1) is 6.92 Å². The second-order valence-electron chi connectivity index (χ2n) is 3.00. The number of benzene rings is 1. The number of carbonyl (C=O) groups is 2. The number of amides is 1. The highest BCUT2D eigenvalue weighted by Gasteiger charge is 2.29. The molecule has 62 valence electrons. The van der Waals surface area contributed by atoms with Crippen molar-refractivity contribution >= 4 is 30.7 Å². The summed E-state index contributed by atoms with van der Waals surface area (Å²) in [6.07, 6.45) is 0. The summed E-state index contributed by atoms with van der Waals surface area (Å²) < 4.78 is 0. The van der Waals surface area contributed by atoms with Crippen LogP contribution in [0.2, 0.25) is 0 Å². The molecule has 1 N–H and O–H groups in total. The molecule has 1 heterocycles. The minimum atomic E-state index is -0.604. The Labute approximate surface area is 76.5 Å². The zero-order valence-corrected chi connectivity index (χ0v) is 7.05. The van der Waals surface area contributed by atoms with Crippen molar-refractivity contribution in [2.24, 2.45) is 0 Å². The van der Waals surface area contributed by atoms with Gasteiger partial charge < -0.3 is 5.32 Å². The molecular weight excluding hydrogens is 165 g/mol. The van der Waals surface area contributed by atoms with Gasteiger partial charge in [0, 0.05) is 5.56 Å². The highest BCUT2D eigenvalue weighted by molar-refractivity contribution is 6.56. The fraction of sp³-hybridized carbons (Fsp3) is 0.111. The van der Waals surface area contributed by atoms with Crippen LogP contribution in [0.5, 0.6) is 0 Å². The van der Waals surface area contributed by atoms with Gasteiger partial charge in [0.25, 0.3) is 11.7 Å². The molecule has 4 heteroatoms. The maximum absolute atomic E-state index is 11.3. The third-order valence-corrected chi connectivity index (χ3v) is 2.15. The van der Waals surface area contributed by atoms with Crippen molar-refractivity contribution in [2.75, 3.05) is 5.32 Å². The number of hydrogen-bond donors (Lipinski definition) is 1. The van der Waals surface area contributed by atoms with Crippen LogP contribution in [0.4, 0.5) is 5.69 Å². The highest BCUT2D eigenvalue weighted by atomic mass is 16.2. The van der Waals surface area contributed by atoms with Gasteiger partial charge >= 0.3 is 0 Å². The van der Waals surface area contributed by atoms with Crippen molar-refractivity contribution in [3.63, 3.8) is 0 Å². The number of fused-ring (bicyclic) bond motifs is 1. The van der Waals surface area contributed by atoms with Crippen molar-refractivity contribution < 1.29 is 9.59 Å². The molecule has 0 unspecified atom stereocenters. The Kier molecular flexibility index (Phi) is 1.52. The lowest BCUT2D eigenvalue weighted by molar-refractivity contribution is -0.112. The molecule has 1 aliphatic rings. The zero-order chi connectivity index (χ0) is 9.59. The Morgan fingerprint density at radius 1 is 1.31 bits per heavy atom. The van der Waals surface area contributed by atoms with Gasteiger partial charge in [-0.15, -0.1) is 0 Å². The first-order valence-corrected chi connectivity index (χ1v) is 3.86. The van der Waals surface area contributed by atoms with E-state index < -0.39 is 11.7 Å². The molecule has 1 aromatic rings. The van der Waals surface area contributed by atoms with Crippen LogP contribution in [0.3, 0.4) is 0 Å². The molecule has 0 aliphatic carbocycles. The van der Waals surface area contributed by atoms with E-state index in [2.05, 4.69) is 5.32 Å². The third-order valence-electron chi connectivity index (χ3n) is 2.15. The summed E-state index contributed by atoms with van der Waals surface area (Å²) in [5.74, 6) is -1.15. The van der Waals surface area contributed by atoms with Crippen LogP contribution in [0.1, 0.15) is 15.9 Å². The first-order chi connectivity index (χ1) is 6.11. The lowest BCUT2D eigenvalue weighted by atomic mass is 9.85. The van der Waals surface area contributed by atoms with Crippen LogP contribution in [0.15, 0.2) is 12.1 Å². The Hall–Kier alpha value is -1.58. The minimum Gasteiger partial charge on any atom is -0.318 e. The summed E-state index contributed by atoms with van der Waals surface area (Å²) in [7, 11) is 5.67. The van der Waals surface area contributed by atoms with Gasteiger partial charge in [-0.1, -0.05) is 17.1 Å². The minimum absolute atomic E-state index is 0.310. The van der Waals surface area contributed by atoms with Gasteiger partial charge in [0.15, 0.2) is 0 Å². The number of aryl methyl sites for hydroxylation is 1. The maximum Gasteiger partial charge on any atom is 0.296 e. The van der Waals surface area contributed by atoms with Crippen LogP contribution < -0.4 is 10.8 Å². The predicted octanol–water partition coefficient (Wildman–Crippen LogP) is -0.0764. The summed E-state index contributed by atoms with van der Waals surface area (Å²) in [4.78, 5) is 22.3. The Morgan fingerprint density at radius 2 is 2.00 bits per heavy atom. The van der Waals surface area contributed by atoms with E-state index in [0.29, 0.717) is 16.7 Å². The van der Waals surface area contributed by atoms with E-state index >= 15 is 0 Å². The van der Waals surface area contributed by atoms with Gasteiger partial charge in [-0.25, -0.2) is 0 Å². The van der Waals surface area contributed by atoms with E-state index in [4.69, 9.17) is 7.85 Å². The standard InChI is InChI=1S/C9H6BNO2/c1-4-2-3-5-6(7(4)10)8(12)9(13)11-5/h2-3H,1H3,(H,11,12,13). The van der Waals surface area contributed by atoms with Crippen molar-refractivity contribution in [3.8, 4) is 0 Å². The molecule has 2 radical (unpaired) electrons. The van der Waals surface area contributed by atoms with E-state index in [1.54, 1.807) is 19.1 Å². The Bertz CT molecular complexity index is 426. The SMILES string of the molecule is [B]c1c(C)ccc2c1C(=O)C(=O)N2. The number of carbonyl (C=O) groups excluding carboxylic acids is 2. The Morgan fingerprint density at radius 3 is 2.69 bits per heavy atom. The summed E-state index contributed by atoms with van der Waals surface area (Å²) in [5, 5.41) is 2.45. The molecule has 0 aromatic heterocycles. The van der Waals surface area contributed by atoms with Gasteiger partial charge in [-0.05, 0) is 13.0 Å². The number of Topliss-reactive ketones (excluding diaryl/α,β-unsaturated/α-hetero) is 1. The average Bonchev–Trinajstić information content (AvgIpc) is 2.37. The molecule has 0 spiro atoms. The van der Waals surface area contributed by atoms with Crippen LogP contribution >= 0.6 is 0 Å². The third kappa shape index (κ3) is 0.984. The average molecular weight is 171 g/mol. The second-order valence-corrected chi connectivity index (χ2v) is 3.00. The van der Waals surface area contributed by atoms with Crippen molar-refractivity contribution in [2.45, 2.75) is 6.92 Å². The van der Waals surface area contributed by atoms with Crippen molar-refractivity contribution in [3.05, 3.63) is 23.3 Å². The molecule has 13 heavy (non-hydrogen) atoms. The first kappa shape index (κ1) is 8.04. The molecule has 0 saturated heterocycles. The quantitative estimate of drug-likeness (QED) is 0.438. The normalized spacial score (nSPS) is 14.2. The first-order valence-electron chi connectivity index (χ1n) is 3.86. The molecule has 0 bridgehead atoms. The molecular formula is C9H6BNO2. The van der Waals surface area contributed by atoms with Crippen LogP contribution in [-0.4, -0.2) is 19.5 Å². The van der Waals surface area contributed by atoms with Crippen LogP contribution in [-0.2, 0) is 4.79 Å². The molecule has 0 fully saturated rings. The highest BCUT2D eigenvalue weighted by Crippen LogP contribution is 2.21. The number of nitrogens with one attached hydrogen (secondary N) is 1. The molecule has 1 aliphatic heterocycles. The lowest BCUT2D eigenvalue weighted by Gasteiger charge is -2.04. The largest absolute Gasteiger partial charge is 0.318 e. The van der Waals surface area contributed by atoms with Crippen molar-refractivity contribution in [1.82, 2.24) is 0 Å². The molecule has 1 amide bonds. The number of anilines is 1. The van der Waals surface area contributed by atoms with Gasteiger partial charge in [-0.3, -0.25) is 9.59 Å². The summed E-state index contributed by atoms with van der Waals surface area (Å²) in [6.45, 7) is 1.80. The van der Waals surface area contributed by atoms with Gasteiger partial charge in [0.2, 0.25) is 0 Å². The fourth-order valence-electron chi connectivity index (χ4n) is 1.37. The topological polar surface area (TPSA) is 46.2 Å². The molecule has 2 rings (SSSR count). The van der Waals surface area contributed by atoms with Crippen LogP contribution in [0.25, 0.3) is 0 Å². The molecule has 1 aromatic carbocycles. The molecule has 3 nitrogen and oxygen atoms in total. The number of hydrogen-bond acceptors (Lipinski definition) is 2. The number of rotatable bonds is 0. The summed E-state index contributed by atoms with van der Waals surface area (Å²) in [6, 6.07) is 3.46. The number of ketones is 1. The van der Waals surface area contributed by atoms with E-state index in [-0.39, 0.29) is 0 Å². The maximum atomic E-state index is 11.3. The molecule has 0 saturated carbocycles. The molecule has 0 atom stereocenters. The van der Waals surface area contributed by atoms with Gasteiger partial charge in [0.1, 0.15) is 7.85 Å². The zero-order valence-electron chi connectivity index (χ0n) is 7.05. The summed E-state index contributed by atoms with van der Waals surface area (Å²) in [5.41, 5.74) is 2.02. The van der Waals surface area contributed by atoms with E-state index in [1.807, 2.05) is 0 Å². The monoisotopic (exact) mass is 171 g/mol. The second kappa shape index (κ2) is 2.45. The lowest BCUT2D eigenvalue weighted by Crippen LogP contribution is -2.19. The predicted molar refractivity (Wildman–Crippen MR) is 49.5 cm³/mol. The fourth-order valence-corrected chi connectivity index (χ4v) is 1.37. The smallest absolute Gasteiger partial charge is 0.296 e. The van der Waals surface area contributed by atoms with E-state index in [9.17, 15) is 9.59 Å². The summed E-state index contributed by atoms with van der Waals surface area (Å²) >= 11 is 0. The Balaban J connectivity index is 2.73.